The van der Waals surface area contributed by atoms with Gasteiger partial charge in [0.05, 0.1) is 29.8 Å². The molecule has 0 spiro atoms. The highest BCUT2D eigenvalue weighted by molar-refractivity contribution is 7.67. The molecule has 10 heteroatoms. The molecule has 56 heavy (non-hydrogen) atoms. The summed E-state index contributed by atoms with van der Waals surface area (Å²) < 4.78 is 52.5. The number of benzene rings is 5. The third kappa shape index (κ3) is 7.55. The Labute approximate surface area is 327 Å². The number of fused-ring (bicyclic) bond motifs is 5. The Hall–Kier alpha value is -5.10. The summed E-state index contributed by atoms with van der Waals surface area (Å²) in [4.78, 5) is 0. The van der Waals surface area contributed by atoms with E-state index in [2.05, 4.69) is 13.8 Å². The number of hydrogen-bond donors (Lipinski definition) is 2. The van der Waals surface area contributed by atoms with Gasteiger partial charge in [0.25, 0.3) is 14.7 Å². The largest absolute Gasteiger partial charge is 0.491 e. The summed E-state index contributed by atoms with van der Waals surface area (Å²) in [6, 6.07) is 38.1. The predicted molar refractivity (Wildman–Crippen MR) is 222 cm³/mol. The molecule has 4 unspecified atom stereocenters. The van der Waals surface area contributed by atoms with Crippen molar-refractivity contribution in [2.75, 3.05) is 25.5 Å². The highest BCUT2D eigenvalue weighted by Gasteiger charge is 2.40. The average molecular weight is 787 g/mol. The van der Waals surface area contributed by atoms with Gasteiger partial charge in [-0.3, -0.25) is 9.13 Å². The normalized spacial score (nSPS) is 20.6. The van der Waals surface area contributed by atoms with Crippen LogP contribution in [0.25, 0.3) is 16.7 Å². The van der Waals surface area contributed by atoms with Crippen LogP contribution in [0.2, 0.25) is 0 Å². The van der Waals surface area contributed by atoms with Gasteiger partial charge in [0, 0.05) is 21.9 Å². The van der Waals surface area contributed by atoms with Gasteiger partial charge in [0.2, 0.25) is 0 Å². The van der Waals surface area contributed by atoms with Crippen LogP contribution in [0.1, 0.15) is 37.0 Å². The van der Waals surface area contributed by atoms with Crippen molar-refractivity contribution in [3.05, 3.63) is 168 Å². The molecular weight excluding hydrogens is 742 g/mol. The molecule has 5 aromatic carbocycles. The summed E-state index contributed by atoms with van der Waals surface area (Å²) in [5.41, 5.74) is 5.30. The van der Waals surface area contributed by atoms with E-state index in [0.717, 1.165) is 33.4 Å². The number of ether oxygens (including phenoxy) is 2. The Morgan fingerprint density at radius 1 is 0.625 bits per heavy atom. The first-order valence-electron chi connectivity index (χ1n) is 18.8. The highest BCUT2D eigenvalue weighted by Crippen LogP contribution is 2.63. The van der Waals surface area contributed by atoms with Crippen LogP contribution in [0.3, 0.4) is 0 Å². The first-order chi connectivity index (χ1) is 27.0. The maximum absolute atomic E-state index is 14.3. The maximum atomic E-state index is 14.3. The topological polar surface area (TPSA) is 112 Å². The fourth-order valence-electron chi connectivity index (χ4n) is 7.57. The highest BCUT2D eigenvalue weighted by atomic mass is 31.2. The van der Waals surface area contributed by atoms with Gasteiger partial charge in [-0.25, -0.2) is 0 Å². The molecule has 2 aliphatic heterocycles. The molecular formula is C46H44O8P2. The van der Waals surface area contributed by atoms with Crippen molar-refractivity contribution in [3.63, 3.8) is 0 Å². The van der Waals surface area contributed by atoms with Gasteiger partial charge in [0.15, 0.2) is 0 Å². The molecule has 0 aromatic heterocycles. The summed E-state index contributed by atoms with van der Waals surface area (Å²) in [5, 5.41) is 23.3. The van der Waals surface area contributed by atoms with Gasteiger partial charge < -0.3 is 28.7 Å². The van der Waals surface area contributed by atoms with Gasteiger partial charge in [-0.1, -0.05) is 117 Å². The predicted octanol–water partition coefficient (Wildman–Crippen LogP) is 9.75. The minimum Gasteiger partial charge on any atom is -0.491 e. The molecule has 0 bridgehead atoms. The summed E-state index contributed by atoms with van der Waals surface area (Å²) in [5.74, 6) is 2.29. The zero-order chi connectivity index (χ0) is 38.9. The Bertz CT molecular complexity index is 2430. The van der Waals surface area contributed by atoms with Gasteiger partial charge in [-0.05, 0) is 71.1 Å². The molecule has 2 heterocycles. The second-order valence-corrected chi connectivity index (χ2v) is 19.7. The van der Waals surface area contributed by atoms with Crippen LogP contribution in [0.15, 0.2) is 151 Å². The van der Waals surface area contributed by atoms with Crippen LogP contribution in [0.4, 0.5) is 0 Å². The average Bonchev–Trinajstić information content (AvgIpc) is 3.47. The zero-order valence-corrected chi connectivity index (χ0v) is 33.1. The van der Waals surface area contributed by atoms with Crippen molar-refractivity contribution in [3.8, 4) is 34.1 Å². The Balaban J connectivity index is 0.859. The minimum absolute atomic E-state index is 0.0337. The number of allylic oxidation sites excluding steroid dienone is 6. The molecule has 0 fully saturated rings. The summed E-state index contributed by atoms with van der Waals surface area (Å²) in [6.07, 6.45) is 6.15. The lowest BCUT2D eigenvalue weighted by Gasteiger charge is -2.31. The summed E-state index contributed by atoms with van der Waals surface area (Å²) in [6.45, 7) is 4.19. The Kier molecular flexibility index (Phi) is 10.4. The van der Waals surface area contributed by atoms with E-state index in [9.17, 15) is 19.3 Å². The van der Waals surface area contributed by atoms with Gasteiger partial charge in [-0.2, -0.15) is 0 Å². The number of hydrogen-bond acceptors (Lipinski definition) is 8. The molecule has 0 saturated carbocycles. The number of aliphatic hydroxyl groups is 2. The molecule has 1 aliphatic carbocycles. The molecule has 0 radical (unpaired) electrons. The van der Waals surface area contributed by atoms with E-state index in [-0.39, 0.29) is 31.0 Å². The van der Waals surface area contributed by atoms with E-state index in [0.29, 0.717) is 40.0 Å². The fourth-order valence-corrected chi connectivity index (χ4v) is 12.4. The fraction of sp³-hybridized carbons (Fsp3) is 0.217. The van der Waals surface area contributed by atoms with Crippen molar-refractivity contribution in [1.82, 2.24) is 0 Å². The number of rotatable bonds is 12. The van der Waals surface area contributed by atoms with Crippen molar-refractivity contribution in [2.24, 2.45) is 0 Å². The van der Waals surface area contributed by atoms with Crippen LogP contribution in [0, 0.1) is 0 Å². The third-order valence-electron chi connectivity index (χ3n) is 10.6. The van der Waals surface area contributed by atoms with Crippen molar-refractivity contribution in [2.45, 2.75) is 37.9 Å². The van der Waals surface area contributed by atoms with Gasteiger partial charge in [-0.15, -0.1) is 0 Å². The van der Waals surface area contributed by atoms with Crippen LogP contribution in [-0.4, -0.2) is 48.0 Å². The molecule has 2 N–H and O–H groups in total. The molecule has 4 atom stereocenters. The molecule has 8 rings (SSSR count). The molecule has 3 aliphatic rings. The van der Waals surface area contributed by atoms with Gasteiger partial charge >= 0.3 is 0 Å². The van der Waals surface area contributed by atoms with Crippen molar-refractivity contribution in [1.29, 1.82) is 0 Å². The van der Waals surface area contributed by atoms with E-state index in [4.69, 9.17) is 18.5 Å². The lowest BCUT2D eigenvalue weighted by molar-refractivity contribution is 0.123. The minimum atomic E-state index is -3.39. The Morgan fingerprint density at radius 2 is 1.12 bits per heavy atom. The second kappa shape index (κ2) is 15.4. The molecule has 0 amide bonds. The first kappa shape index (κ1) is 37.8. The van der Waals surface area contributed by atoms with Crippen LogP contribution >= 0.6 is 14.7 Å². The van der Waals surface area contributed by atoms with E-state index >= 15 is 0 Å². The molecule has 0 saturated heterocycles. The van der Waals surface area contributed by atoms with Crippen LogP contribution in [0.5, 0.6) is 23.0 Å². The zero-order valence-electron chi connectivity index (χ0n) is 31.3. The number of para-hydroxylation sites is 2. The first-order valence-corrected chi connectivity index (χ1v) is 22.4. The second-order valence-electron chi connectivity index (χ2n) is 14.9. The number of aliphatic hydroxyl groups excluding tert-OH is 2. The van der Waals surface area contributed by atoms with Crippen molar-refractivity contribution < 1.29 is 37.9 Å². The standard InChI is InChI=1S/C46H44O8P2/c1-46(2,33-22-26-37(27-23-33)52-29-35(48)31-56(50)45-19-11-8-15-41(45)39-13-7-10-17-43(39)54-56)32-20-24-36(25-21-32)51-28-34(47)30-55(49)44-18-5-3-4-14-40(44)38-12-6-9-16-42(38)53-55/h3-17,19-27,34-35,47-48H,18,28-31H2,1-2H3. The Morgan fingerprint density at radius 3 is 1.75 bits per heavy atom. The maximum Gasteiger partial charge on any atom is 0.280 e. The monoisotopic (exact) mass is 786 g/mol. The summed E-state index contributed by atoms with van der Waals surface area (Å²) >= 11 is 0. The van der Waals surface area contributed by atoms with Crippen molar-refractivity contribution >= 4 is 25.6 Å². The molecule has 5 aromatic rings. The van der Waals surface area contributed by atoms with E-state index in [1.165, 1.54) is 0 Å². The SMILES string of the molecule is CC(C)(c1ccc(OCC(O)CP2(=O)Oc3ccccc3C3=C2CC=CC=C3)cc1)c1ccc(OCC(O)CP2(=O)Oc3ccccc3-c3ccccc32)cc1. The molecule has 8 nitrogen and oxygen atoms in total. The quantitative estimate of drug-likeness (QED) is 0.120. The van der Waals surface area contributed by atoms with E-state index in [1.54, 1.807) is 6.07 Å². The smallest absolute Gasteiger partial charge is 0.280 e. The lowest BCUT2D eigenvalue weighted by Crippen LogP contribution is -2.28. The van der Waals surface area contributed by atoms with Crippen LogP contribution < -0.4 is 23.8 Å². The third-order valence-corrected chi connectivity index (χ3v) is 15.8. The van der Waals surface area contributed by atoms with E-state index < -0.39 is 26.9 Å². The van der Waals surface area contributed by atoms with E-state index in [1.807, 2.05) is 140 Å². The summed E-state index contributed by atoms with van der Waals surface area (Å²) in [7, 11) is -6.77. The lowest BCUT2D eigenvalue weighted by atomic mass is 9.78. The van der Waals surface area contributed by atoms with Crippen LogP contribution in [-0.2, 0) is 14.5 Å². The van der Waals surface area contributed by atoms with Gasteiger partial charge in [0.1, 0.15) is 36.2 Å². The molecule has 286 valence electrons.